The summed E-state index contributed by atoms with van der Waals surface area (Å²) in [4.78, 5) is 11.4. The molecule has 72 valence electrons. The maximum Gasteiger partial charge on any atom is 0.168 e. The van der Waals surface area contributed by atoms with Crippen molar-refractivity contribution in [3.05, 3.63) is 18.0 Å². The standard InChI is InChI=1S/C9H14N2O2/c1-9(2,13)8(12)4-7-5-10-11(3)6-7/h5-6,13H,4H2,1-3H3. The van der Waals surface area contributed by atoms with Gasteiger partial charge in [-0.3, -0.25) is 9.48 Å². The molecule has 0 aliphatic carbocycles. The van der Waals surface area contributed by atoms with Crippen molar-refractivity contribution in [3.63, 3.8) is 0 Å². The third-order valence-electron chi connectivity index (χ3n) is 1.81. The summed E-state index contributed by atoms with van der Waals surface area (Å²) in [5.41, 5.74) is -0.426. The molecule has 13 heavy (non-hydrogen) atoms. The molecule has 4 heteroatoms. The van der Waals surface area contributed by atoms with Crippen LogP contribution in [0.2, 0.25) is 0 Å². The number of carbonyl (C=O) groups is 1. The lowest BCUT2D eigenvalue weighted by atomic mass is 9.99. The molecule has 0 saturated heterocycles. The molecule has 0 spiro atoms. The summed E-state index contributed by atoms with van der Waals surface area (Å²) < 4.78 is 1.63. The summed E-state index contributed by atoms with van der Waals surface area (Å²) in [6, 6.07) is 0. The fourth-order valence-electron chi connectivity index (χ4n) is 0.965. The van der Waals surface area contributed by atoms with Gasteiger partial charge in [0.1, 0.15) is 5.60 Å². The van der Waals surface area contributed by atoms with E-state index in [2.05, 4.69) is 5.10 Å². The lowest BCUT2D eigenvalue weighted by Crippen LogP contribution is -2.32. The molecule has 0 saturated carbocycles. The van der Waals surface area contributed by atoms with Gasteiger partial charge in [0, 0.05) is 19.7 Å². The van der Waals surface area contributed by atoms with E-state index in [1.807, 2.05) is 0 Å². The fourth-order valence-corrected chi connectivity index (χ4v) is 0.965. The summed E-state index contributed by atoms with van der Waals surface area (Å²) in [5.74, 6) is -0.194. The largest absolute Gasteiger partial charge is 0.383 e. The van der Waals surface area contributed by atoms with Gasteiger partial charge < -0.3 is 5.11 Å². The summed E-state index contributed by atoms with van der Waals surface area (Å²) in [6.45, 7) is 2.98. The van der Waals surface area contributed by atoms with Crippen LogP contribution in [0, 0.1) is 0 Å². The number of rotatable bonds is 3. The number of hydrogen-bond donors (Lipinski definition) is 1. The molecule has 1 heterocycles. The molecule has 0 radical (unpaired) electrons. The summed E-state index contributed by atoms with van der Waals surface area (Å²) in [6.07, 6.45) is 3.63. The van der Waals surface area contributed by atoms with Crippen molar-refractivity contribution in [2.24, 2.45) is 7.05 Å². The van der Waals surface area contributed by atoms with Crippen LogP contribution in [0.1, 0.15) is 19.4 Å². The highest BCUT2D eigenvalue weighted by Gasteiger charge is 2.23. The van der Waals surface area contributed by atoms with Crippen molar-refractivity contribution < 1.29 is 9.90 Å². The van der Waals surface area contributed by atoms with Gasteiger partial charge in [-0.2, -0.15) is 5.10 Å². The van der Waals surface area contributed by atoms with Crippen LogP contribution < -0.4 is 0 Å². The quantitative estimate of drug-likeness (QED) is 0.731. The zero-order valence-electron chi connectivity index (χ0n) is 8.11. The molecule has 4 nitrogen and oxygen atoms in total. The van der Waals surface area contributed by atoms with Crippen molar-refractivity contribution in [1.29, 1.82) is 0 Å². The number of aliphatic hydroxyl groups is 1. The molecule has 1 aromatic rings. The minimum atomic E-state index is -1.25. The van der Waals surface area contributed by atoms with Crippen molar-refractivity contribution in [1.82, 2.24) is 9.78 Å². The average Bonchev–Trinajstić information content (AvgIpc) is 2.33. The molecule has 0 aromatic carbocycles. The molecule has 0 atom stereocenters. The van der Waals surface area contributed by atoms with Gasteiger partial charge >= 0.3 is 0 Å². The van der Waals surface area contributed by atoms with Crippen molar-refractivity contribution in [2.45, 2.75) is 25.9 Å². The van der Waals surface area contributed by atoms with Crippen LogP contribution in [-0.2, 0) is 18.3 Å². The highest BCUT2D eigenvalue weighted by atomic mass is 16.3. The first kappa shape index (κ1) is 9.92. The third kappa shape index (κ3) is 2.66. The van der Waals surface area contributed by atoms with Crippen LogP contribution >= 0.6 is 0 Å². The third-order valence-corrected chi connectivity index (χ3v) is 1.81. The zero-order valence-corrected chi connectivity index (χ0v) is 8.11. The molecule has 0 aliphatic rings. The van der Waals surface area contributed by atoms with Crippen LogP contribution in [0.5, 0.6) is 0 Å². The van der Waals surface area contributed by atoms with Gasteiger partial charge in [0.05, 0.1) is 6.20 Å². The lowest BCUT2D eigenvalue weighted by molar-refractivity contribution is -0.133. The normalized spacial score (nSPS) is 11.7. The van der Waals surface area contributed by atoms with Gasteiger partial charge in [0.2, 0.25) is 0 Å². The SMILES string of the molecule is Cn1cc(CC(=O)C(C)(C)O)cn1. The van der Waals surface area contributed by atoms with Crippen LogP contribution in [-0.4, -0.2) is 26.3 Å². The second kappa shape index (κ2) is 3.30. The van der Waals surface area contributed by atoms with Gasteiger partial charge in [-0.05, 0) is 19.4 Å². The van der Waals surface area contributed by atoms with Gasteiger partial charge in [-0.1, -0.05) is 0 Å². The number of ketones is 1. The van der Waals surface area contributed by atoms with Gasteiger partial charge in [-0.15, -0.1) is 0 Å². The Morgan fingerprint density at radius 3 is 2.69 bits per heavy atom. The Kier molecular flexibility index (Phi) is 2.52. The van der Waals surface area contributed by atoms with Gasteiger partial charge in [0.25, 0.3) is 0 Å². The minimum absolute atomic E-state index is 0.194. The highest BCUT2D eigenvalue weighted by Crippen LogP contribution is 2.08. The van der Waals surface area contributed by atoms with Crippen LogP contribution in [0.4, 0.5) is 0 Å². The molecule has 1 N–H and O–H groups in total. The smallest absolute Gasteiger partial charge is 0.168 e. The summed E-state index contributed by atoms with van der Waals surface area (Å²) >= 11 is 0. The van der Waals surface area contributed by atoms with Crippen LogP contribution in [0.3, 0.4) is 0 Å². The minimum Gasteiger partial charge on any atom is -0.383 e. The van der Waals surface area contributed by atoms with E-state index in [1.54, 1.807) is 24.1 Å². The maximum absolute atomic E-state index is 11.4. The van der Waals surface area contributed by atoms with E-state index in [4.69, 9.17) is 0 Å². The monoisotopic (exact) mass is 182 g/mol. The lowest BCUT2D eigenvalue weighted by Gasteiger charge is -2.14. The number of carbonyl (C=O) groups excluding carboxylic acids is 1. The molecule has 1 aromatic heterocycles. The van der Waals surface area contributed by atoms with E-state index >= 15 is 0 Å². The van der Waals surface area contributed by atoms with Crippen molar-refractivity contribution in [2.75, 3.05) is 0 Å². The molecule has 1 rings (SSSR count). The molecule has 0 bridgehead atoms. The van der Waals surface area contributed by atoms with Gasteiger partial charge in [0.15, 0.2) is 5.78 Å². The van der Waals surface area contributed by atoms with Crippen LogP contribution in [0.15, 0.2) is 12.4 Å². The number of aromatic nitrogens is 2. The Bertz CT molecular complexity index is 310. The molecular weight excluding hydrogens is 168 g/mol. The van der Waals surface area contributed by atoms with Crippen molar-refractivity contribution in [3.8, 4) is 0 Å². The molecule has 0 aliphatic heterocycles. The number of Topliss-reactive ketones (excluding diaryl/α,β-unsaturated/α-hetero) is 1. The topological polar surface area (TPSA) is 55.1 Å². The van der Waals surface area contributed by atoms with Gasteiger partial charge in [-0.25, -0.2) is 0 Å². The summed E-state index contributed by atoms with van der Waals surface area (Å²) in [5, 5.41) is 13.3. The second-order valence-corrected chi connectivity index (χ2v) is 3.68. The van der Waals surface area contributed by atoms with Crippen LogP contribution in [0.25, 0.3) is 0 Å². The molecule has 0 fully saturated rings. The number of nitrogens with zero attached hydrogens (tertiary/aromatic N) is 2. The fraction of sp³-hybridized carbons (Fsp3) is 0.556. The zero-order chi connectivity index (χ0) is 10.1. The predicted molar refractivity (Wildman–Crippen MR) is 48.2 cm³/mol. The first-order chi connectivity index (χ1) is 5.89. The Morgan fingerprint density at radius 2 is 2.31 bits per heavy atom. The Hall–Kier alpha value is -1.16. The Balaban J connectivity index is 2.65. The first-order valence-corrected chi connectivity index (χ1v) is 4.13. The van der Waals surface area contributed by atoms with Crippen molar-refractivity contribution >= 4 is 5.78 Å². The first-order valence-electron chi connectivity index (χ1n) is 4.13. The number of aryl methyl sites for hydroxylation is 1. The van der Waals surface area contributed by atoms with E-state index < -0.39 is 5.60 Å². The second-order valence-electron chi connectivity index (χ2n) is 3.68. The maximum atomic E-state index is 11.4. The Labute approximate surface area is 77.2 Å². The molecule has 0 amide bonds. The highest BCUT2D eigenvalue weighted by molar-refractivity contribution is 5.87. The predicted octanol–water partition coefficient (Wildman–Crippen LogP) is 0.303. The summed E-state index contributed by atoms with van der Waals surface area (Å²) in [7, 11) is 1.79. The average molecular weight is 182 g/mol. The van der Waals surface area contributed by atoms with E-state index in [0.717, 1.165) is 5.56 Å². The molecular formula is C9H14N2O2. The van der Waals surface area contributed by atoms with E-state index in [1.165, 1.54) is 13.8 Å². The van der Waals surface area contributed by atoms with E-state index in [0.29, 0.717) is 0 Å². The number of hydrogen-bond acceptors (Lipinski definition) is 3. The molecule has 0 unspecified atom stereocenters. The van der Waals surface area contributed by atoms with E-state index in [-0.39, 0.29) is 12.2 Å². The Morgan fingerprint density at radius 1 is 1.69 bits per heavy atom. The van der Waals surface area contributed by atoms with E-state index in [9.17, 15) is 9.90 Å².